The van der Waals surface area contributed by atoms with E-state index in [2.05, 4.69) is 29.8 Å². The van der Waals surface area contributed by atoms with Gasteiger partial charge in [-0.05, 0) is 6.07 Å². The normalized spacial score (nSPS) is 10.2. The van der Waals surface area contributed by atoms with Gasteiger partial charge in [-0.1, -0.05) is 32.4 Å². The van der Waals surface area contributed by atoms with Gasteiger partial charge >= 0.3 is 0 Å². The van der Waals surface area contributed by atoms with Gasteiger partial charge in [-0.25, -0.2) is 0 Å². The van der Waals surface area contributed by atoms with Crippen molar-refractivity contribution in [1.29, 1.82) is 0 Å². The molecule has 0 spiro atoms. The maximum atomic E-state index is 3.81. The summed E-state index contributed by atoms with van der Waals surface area (Å²) >= 11 is 0. The van der Waals surface area contributed by atoms with Gasteiger partial charge < -0.3 is 9.47 Å². The Kier molecular flexibility index (Phi) is 3.77. The molecule has 66 valence electrons. The summed E-state index contributed by atoms with van der Waals surface area (Å²) in [5.41, 5.74) is 2.34. The average molecular weight is 166 g/mol. The quantitative estimate of drug-likeness (QED) is 0.476. The van der Waals surface area contributed by atoms with Crippen molar-refractivity contribution < 1.29 is 9.47 Å². The van der Waals surface area contributed by atoms with Gasteiger partial charge in [-0.15, -0.1) is 0 Å². The van der Waals surface area contributed by atoms with Gasteiger partial charge in [0.2, 0.25) is 0 Å². The zero-order valence-electron chi connectivity index (χ0n) is 7.03. The first-order valence-electron chi connectivity index (χ1n) is 3.79. The van der Waals surface area contributed by atoms with E-state index in [1.807, 2.05) is 18.2 Å². The predicted octanol–water partition coefficient (Wildman–Crippen LogP) is 1.33. The number of ether oxygens (including phenoxy) is 2. The number of hydrogen-bond acceptors (Lipinski definition) is 0. The second kappa shape index (κ2) is 4.91. The Bertz CT molecular complexity index is 212. The van der Waals surface area contributed by atoms with Crippen LogP contribution in [0, 0.1) is 14.2 Å². The second-order valence-corrected chi connectivity index (χ2v) is 2.58. The molecule has 12 heavy (non-hydrogen) atoms. The van der Waals surface area contributed by atoms with Crippen molar-refractivity contribution >= 4 is 0 Å². The van der Waals surface area contributed by atoms with E-state index in [4.69, 9.17) is 0 Å². The van der Waals surface area contributed by atoms with Crippen LogP contribution in [0.2, 0.25) is 0 Å². The molecule has 0 aliphatic rings. The predicted molar refractivity (Wildman–Crippen MR) is 49.0 cm³/mol. The SMILES string of the molecule is [CH2-][OH+]Cc1cccc(C[OH+][CH2-])c1. The highest BCUT2D eigenvalue weighted by Crippen LogP contribution is 2.05. The van der Waals surface area contributed by atoms with Crippen LogP contribution < -0.4 is 0 Å². The van der Waals surface area contributed by atoms with Gasteiger partial charge in [0.25, 0.3) is 0 Å². The van der Waals surface area contributed by atoms with Crippen LogP contribution in [-0.2, 0) is 13.2 Å². The lowest BCUT2D eigenvalue weighted by atomic mass is 10.1. The Hall–Kier alpha value is -0.860. The fraction of sp³-hybridized carbons (Fsp3) is 0.200. The zero-order valence-corrected chi connectivity index (χ0v) is 7.03. The molecule has 2 heteroatoms. The van der Waals surface area contributed by atoms with E-state index in [9.17, 15) is 0 Å². The molecule has 0 heterocycles. The second-order valence-electron chi connectivity index (χ2n) is 2.58. The van der Waals surface area contributed by atoms with E-state index in [0.717, 1.165) is 0 Å². The molecule has 1 aromatic rings. The van der Waals surface area contributed by atoms with Crippen LogP contribution in [-0.4, -0.2) is 9.47 Å². The first kappa shape index (κ1) is 9.23. The summed E-state index contributed by atoms with van der Waals surface area (Å²) in [6.07, 6.45) is 0. The smallest absolute Gasteiger partial charge is 0.145 e. The summed E-state index contributed by atoms with van der Waals surface area (Å²) in [7, 11) is 6.89. The molecular weight excluding hydrogens is 152 g/mol. The molecule has 0 unspecified atom stereocenters. The molecule has 0 fully saturated rings. The molecule has 0 saturated carbocycles. The minimum absolute atomic E-state index is 0.672. The molecule has 0 aromatic heterocycles. The number of hydrogen-bond donors (Lipinski definition) is 0. The Morgan fingerprint density at radius 1 is 1.00 bits per heavy atom. The topological polar surface area (TPSA) is 25.6 Å². The summed E-state index contributed by atoms with van der Waals surface area (Å²) < 4.78 is 7.62. The first-order valence-corrected chi connectivity index (χ1v) is 3.79. The van der Waals surface area contributed by atoms with Crippen molar-refractivity contribution in [2.24, 2.45) is 0 Å². The van der Waals surface area contributed by atoms with Crippen LogP contribution in [0.5, 0.6) is 0 Å². The van der Waals surface area contributed by atoms with E-state index >= 15 is 0 Å². The molecule has 0 bridgehead atoms. The molecule has 0 radical (unpaired) electrons. The van der Waals surface area contributed by atoms with Gasteiger partial charge in [-0.3, -0.25) is 0 Å². The van der Waals surface area contributed by atoms with Crippen LogP contribution in [0.3, 0.4) is 0 Å². The maximum absolute atomic E-state index is 3.81. The summed E-state index contributed by atoms with van der Waals surface area (Å²) in [5.74, 6) is 0. The number of rotatable bonds is 4. The molecule has 1 rings (SSSR count). The molecule has 2 nitrogen and oxygen atoms in total. The first-order chi connectivity index (χ1) is 5.86. The standard InChI is InChI=1S/C10H14O2/c1-11-7-9-4-3-5-10(6-9)8-12-2/h3-6,11-12H,1-2,7-8H2. The average Bonchev–Trinajstić information content (AvgIpc) is 2.06. The number of aliphatic hydroxyl groups is 4. The Balaban J connectivity index is 2.67. The van der Waals surface area contributed by atoms with Crippen LogP contribution in [0.1, 0.15) is 11.1 Å². The lowest BCUT2D eigenvalue weighted by Gasteiger charge is -2.04. The third kappa shape index (κ3) is 2.64. The van der Waals surface area contributed by atoms with Crippen molar-refractivity contribution in [3.8, 4) is 0 Å². The maximum Gasteiger partial charge on any atom is 0.145 e. The Morgan fingerprint density at radius 2 is 1.50 bits per heavy atom. The zero-order chi connectivity index (χ0) is 8.81. The highest BCUT2D eigenvalue weighted by Gasteiger charge is 1.96. The highest BCUT2D eigenvalue weighted by atomic mass is 16.5. The minimum Gasteiger partial charge on any atom is -0.578 e. The molecule has 0 amide bonds. The van der Waals surface area contributed by atoms with Gasteiger partial charge in [0, 0.05) is 11.1 Å². The van der Waals surface area contributed by atoms with Gasteiger partial charge in [0.1, 0.15) is 13.2 Å². The Morgan fingerprint density at radius 3 is 1.92 bits per heavy atom. The van der Waals surface area contributed by atoms with E-state index in [1.165, 1.54) is 11.1 Å². The van der Waals surface area contributed by atoms with Gasteiger partial charge in [-0.2, -0.15) is 0 Å². The minimum atomic E-state index is 0.672. The number of benzene rings is 1. The molecule has 0 aliphatic carbocycles. The van der Waals surface area contributed by atoms with E-state index in [0.29, 0.717) is 13.2 Å². The van der Waals surface area contributed by atoms with Crippen LogP contribution in [0.15, 0.2) is 24.3 Å². The van der Waals surface area contributed by atoms with Crippen molar-refractivity contribution in [3.05, 3.63) is 49.6 Å². The van der Waals surface area contributed by atoms with E-state index in [-0.39, 0.29) is 0 Å². The fourth-order valence-corrected chi connectivity index (χ4v) is 1.08. The van der Waals surface area contributed by atoms with Gasteiger partial charge in [0.15, 0.2) is 0 Å². The third-order valence-corrected chi connectivity index (χ3v) is 1.58. The monoisotopic (exact) mass is 166 g/mol. The molecule has 0 atom stereocenters. The molecular formula is C10H14O2. The van der Waals surface area contributed by atoms with Crippen LogP contribution in [0.25, 0.3) is 0 Å². The summed E-state index contributed by atoms with van der Waals surface area (Å²) in [5, 5.41) is 0. The van der Waals surface area contributed by atoms with Gasteiger partial charge in [0.05, 0.1) is 0 Å². The summed E-state index contributed by atoms with van der Waals surface area (Å²) in [4.78, 5) is 0. The van der Waals surface area contributed by atoms with E-state index < -0.39 is 0 Å². The van der Waals surface area contributed by atoms with Crippen molar-refractivity contribution in [2.45, 2.75) is 13.2 Å². The molecule has 1 aromatic carbocycles. The fourth-order valence-electron chi connectivity index (χ4n) is 1.08. The van der Waals surface area contributed by atoms with E-state index in [1.54, 1.807) is 0 Å². The van der Waals surface area contributed by atoms with Crippen LogP contribution in [0.4, 0.5) is 0 Å². The van der Waals surface area contributed by atoms with Crippen molar-refractivity contribution in [1.82, 2.24) is 0 Å². The summed E-state index contributed by atoms with van der Waals surface area (Å²) in [6.45, 7) is 1.34. The Labute approximate surface area is 73.1 Å². The van der Waals surface area contributed by atoms with Crippen molar-refractivity contribution in [2.75, 3.05) is 0 Å². The summed E-state index contributed by atoms with van der Waals surface area (Å²) in [6, 6.07) is 8.13. The highest BCUT2D eigenvalue weighted by molar-refractivity contribution is 5.22. The molecule has 0 saturated heterocycles. The largest absolute Gasteiger partial charge is 0.578 e. The van der Waals surface area contributed by atoms with Crippen LogP contribution >= 0.6 is 0 Å². The lowest BCUT2D eigenvalue weighted by molar-refractivity contribution is 0.0363. The molecule has 2 N–H and O–H groups in total. The third-order valence-electron chi connectivity index (χ3n) is 1.58. The lowest BCUT2D eigenvalue weighted by Crippen LogP contribution is -1.94. The van der Waals surface area contributed by atoms with Crippen molar-refractivity contribution in [3.63, 3.8) is 0 Å². The molecule has 0 aliphatic heterocycles.